The first kappa shape index (κ1) is 19.6. The van der Waals surface area contributed by atoms with Gasteiger partial charge in [-0.05, 0) is 37.5 Å². The van der Waals surface area contributed by atoms with Crippen LogP contribution in [0.3, 0.4) is 0 Å². The molecule has 0 spiro atoms. The molecule has 3 rings (SSSR count). The summed E-state index contributed by atoms with van der Waals surface area (Å²) in [6, 6.07) is 3.26. The molecule has 1 atom stereocenters. The molecule has 0 radical (unpaired) electrons. The second kappa shape index (κ2) is 8.27. The second-order valence-corrected chi connectivity index (χ2v) is 7.12. The lowest BCUT2D eigenvalue weighted by molar-refractivity contribution is -0.268. The zero-order valence-electron chi connectivity index (χ0n) is 14.0. The first-order valence-electron chi connectivity index (χ1n) is 7.90. The Morgan fingerprint density at radius 3 is 2.81 bits per heavy atom. The number of rotatable bonds is 5. The monoisotopic (exact) mass is 420 g/mol. The zero-order chi connectivity index (χ0) is 19.4. The van der Waals surface area contributed by atoms with E-state index in [-0.39, 0.29) is 16.5 Å². The van der Waals surface area contributed by atoms with Crippen molar-refractivity contribution in [3.63, 3.8) is 0 Å². The smallest absolute Gasteiger partial charge is 0.372 e. The molecular weight excluding hydrogens is 405 g/mol. The van der Waals surface area contributed by atoms with Crippen LogP contribution in [-0.2, 0) is 21.5 Å². The highest BCUT2D eigenvalue weighted by atomic mass is 32.2. The average Bonchev–Trinajstić information content (AvgIpc) is 3.11. The molecule has 0 bridgehead atoms. The number of hydrogen-bond acceptors (Lipinski definition) is 9. The normalized spacial score (nSPS) is 16.1. The van der Waals surface area contributed by atoms with E-state index in [1.807, 2.05) is 6.92 Å². The standard InChI is InChI=1S/C14H15F3N6O2S2/c1-2-23-5-3-4-9-6-10(19-21-13-20-18-8-26-13)11(7-12(9)23)22-27(24)25-14(15,16)17/h6-8,27H,2-5H2,1H3. The summed E-state index contributed by atoms with van der Waals surface area (Å²) in [5.74, 6) is 0. The third-order valence-corrected chi connectivity index (χ3v) is 5.05. The number of alkyl halides is 3. The van der Waals surface area contributed by atoms with Crippen molar-refractivity contribution in [2.75, 3.05) is 18.0 Å². The second-order valence-electron chi connectivity index (χ2n) is 5.45. The highest BCUT2D eigenvalue weighted by Gasteiger charge is 2.30. The Balaban J connectivity index is 2.04. The molecule has 146 valence electrons. The lowest BCUT2D eigenvalue weighted by Crippen LogP contribution is -2.28. The Bertz CT molecular complexity index is 910. The minimum Gasteiger partial charge on any atom is -0.372 e. The van der Waals surface area contributed by atoms with Gasteiger partial charge in [-0.1, -0.05) is 11.3 Å². The maximum absolute atomic E-state index is 12.3. The number of nitrogens with zero attached hydrogens (tertiary/aromatic N) is 6. The molecule has 8 nitrogen and oxygen atoms in total. The average molecular weight is 420 g/mol. The Kier molecular flexibility index (Phi) is 6.01. The summed E-state index contributed by atoms with van der Waals surface area (Å²) < 4.78 is 55.6. The summed E-state index contributed by atoms with van der Waals surface area (Å²) in [5.41, 5.74) is 3.47. The van der Waals surface area contributed by atoms with Gasteiger partial charge in [0.1, 0.15) is 16.9 Å². The van der Waals surface area contributed by atoms with E-state index in [1.165, 1.54) is 5.51 Å². The minimum absolute atomic E-state index is 0.00715. The van der Waals surface area contributed by atoms with Crippen LogP contribution in [-0.4, -0.2) is 33.9 Å². The maximum Gasteiger partial charge on any atom is 0.535 e. The van der Waals surface area contributed by atoms with Crippen molar-refractivity contribution in [1.29, 1.82) is 0 Å². The minimum atomic E-state index is -5.05. The van der Waals surface area contributed by atoms with Gasteiger partial charge < -0.3 is 4.90 Å². The third kappa shape index (κ3) is 5.20. The van der Waals surface area contributed by atoms with Crippen LogP contribution in [0.2, 0.25) is 0 Å². The number of aryl methyl sites for hydroxylation is 1. The van der Waals surface area contributed by atoms with Crippen molar-refractivity contribution in [2.45, 2.75) is 26.1 Å². The van der Waals surface area contributed by atoms with E-state index in [9.17, 15) is 17.4 Å². The van der Waals surface area contributed by atoms with E-state index in [1.54, 1.807) is 12.1 Å². The van der Waals surface area contributed by atoms with Gasteiger partial charge in [0, 0.05) is 18.8 Å². The molecule has 13 heteroatoms. The zero-order valence-corrected chi connectivity index (χ0v) is 15.8. The molecule has 1 unspecified atom stereocenters. The van der Waals surface area contributed by atoms with E-state index in [0.29, 0.717) is 0 Å². The van der Waals surface area contributed by atoms with Crippen LogP contribution in [0.5, 0.6) is 0 Å². The van der Waals surface area contributed by atoms with Crippen molar-refractivity contribution in [1.82, 2.24) is 10.2 Å². The van der Waals surface area contributed by atoms with E-state index < -0.39 is 17.2 Å². The topological polar surface area (TPSA) is 92.4 Å². The number of azo groups is 1. The first-order valence-corrected chi connectivity index (χ1v) is 9.91. The molecule has 0 aliphatic carbocycles. The van der Waals surface area contributed by atoms with Crippen LogP contribution in [0.15, 0.2) is 32.2 Å². The highest BCUT2D eigenvalue weighted by Crippen LogP contribution is 2.39. The molecule has 0 N–H and O–H groups in total. The summed E-state index contributed by atoms with van der Waals surface area (Å²) in [4.78, 5) is 2.07. The van der Waals surface area contributed by atoms with Crippen molar-refractivity contribution in [2.24, 2.45) is 14.6 Å². The quantitative estimate of drug-likeness (QED) is 0.569. The Morgan fingerprint density at radius 1 is 1.33 bits per heavy atom. The maximum atomic E-state index is 12.3. The van der Waals surface area contributed by atoms with E-state index >= 15 is 0 Å². The van der Waals surface area contributed by atoms with Crippen LogP contribution >= 0.6 is 11.3 Å². The fourth-order valence-electron chi connectivity index (χ4n) is 2.68. The van der Waals surface area contributed by atoms with Gasteiger partial charge in [0.05, 0.1) is 0 Å². The first-order chi connectivity index (χ1) is 12.9. The van der Waals surface area contributed by atoms with Crippen molar-refractivity contribution >= 4 is 44.4 Å². The summed E-state index contributed by atoms with van der Waals surface area (Å²) in [6.45, 7) is 3.52. The summed E-state index contributed by atoms with van der Waals surface area (Å²) >= 11 is 1.15. The number of anilines is 1. The number of thiol groups is 1. The predicted octanol–water partition coefficient (Wildman–Crippen LogP) is 4.47. The number of benzene rings is 1. The Labute approximate surface area is 158 Å². The van der Waals surface area contributed by atoms with Gasteiger partial charge in [0.2, 0.25) is 0 Å². The SMILES string of the molecule is CCN1CCCc2cc(N=Nc3nncs3)c(N=[SH](=O)OC(F)(F)F)cc21. The number of halogens is 3. The molecule has 1 aromatic carbocycles. The molecule has 2 aromatic rings. The number of fused-ring (bicyclic) bond motifs is 1. The van der Waals surface area contributed by atoms with Gasteiger partial charge in [0.25, 0.3) is 5.13 Å². The summed E-state index contributed by atoms with van der Waals surface area (Å²) in [5, 5.41) is 15.6. The van der Waals surface area contributed by atoms with Crippen molar-refractivity contribution in [3.8, 4) is 0 Å². The van der Waals surface area contributed by atoms with Crippen molar-refractivity contribution in [3.05, 3.63) is 23.2 Å². The lowest BCUT2D eigenvalue weighted by atomic mass is 10.0. The molecular formula is C14H15F3N6O2S2. The van der Waals surface area contributed by atoms with E-state index in [0.717, 1.165) is 48.5 Å². The third-order valence-electron chi connectivity index (χ3n) is 3.74. The van der Waals surface area contributed by atoms with Gasteiger partial charge >= 0.3 is 6.36 Å². The lowest BCUT2D eigenvalue weighted by Gasteiger charge is -2.30. The van der Waals surface area contributed by atoms with Gasteiger partial charge in [-0.15, -0.1) is 33.6 Å². The van der Waals surface area contributed by atoms with Gasteiger partial charge in [0.15, 0.2) is 10.9 Å². The predicted molar refractivity (Wildman–Crippen MR) is 95.5 cm³/mol. The highest BCUT2D eigenvalue weighted by molar-refractivity contribution is 7.70. The number of aromatic nitrogens is 2. The molecule has 0 amide bonds. The fraction of sp³-hybridized carbons (Fsp3) is 0.429. The molecule has 0 saturated carbocycles. The molecule has 2 heterocycles. The number of hydrogen-bond donors (Lipinski definition) is 1. The fourth-order valence-corrected chi connectivity index (χ4v) is 3.60. The van der Waals surface area contributed by atoms with E-state index in [4.69, 9.17) is 0 Å². The van der Waals surface area contributed by atoms with Gasteiger partial charge in [-0.25, -0.2) is 4.21 Å². The Morgan fingerprint density at radius 2 is 2.15 bits per heavy atom. The van der Waals surface area contributed by atoms with Crippen LogP contribution < -0.4 is 4.90 Å². The molecule has 27 heavy (non-hydrogen) atoms. The largest absolute Gasteiger partial charge is 0.535 e. The molecule has 0 fully saturated rings. The molecule has 1 aliphatic heterocycles. The van der Waals surface area contributed by atoms with Crippen LogP contribution in [0.1, 0.15) is 18.9 Å². The van der Waals surface area contributed by atoms with Crippen LogP contribution in [0, 0.1) is 0 Å². The van der Waals surface area contributed by atoms with E-state index in [2.05, 4.69) is 33.9 Å². The molecule has 0 saturated heterocycles. The van der Waals surface area contributed by atoms with Gasteiger partial charge in [-0.2, -0.15) is 8.55 Å². The summed E-state index contributed by atoms with van der Waals surface area (Å²) in [6.07, 6.45) is -3.32. The van der Waals surface area contributed by atoms with Crippen LogP contribution in [0.25, 0.3) is 0 Å². The molecule has 1 aliphatic rings. The summed E-state index contributed by atoms with van der Waals surface area (Å²) in [7, 11) is -3.34. The Hall–Kier alpha value is -2.12. The van der Waals surface area contributed by atoms with Crippen LogP contribution in [0.4, 0.5) is 35.4 Å². The van der Waals surface area contributed by atoms with Gasteiger partial charge in [-0.3, -0.25) is 0 Å². The molecule has 1 aromatic heterocycles. The van der Waals surface area contributed by atoms with Crippen molar-refractivity contribution < 1.29 is 21.6 Å².